The van der Waals surface area contributed by atoms with Crippen molar-refractivity contribution in [2.24, 2.45) is 0 Å². The Bertz CT molecular complexity index is 957. The molecule has 1 aromatic heterocycles. The quantitative estimate of drug-likeness (QED) is 0.390. The topological polar surface area (TPSA) is 49.4 Å². The highest BCUT2D eigenvalue weighted by Gasteiger charge is 2.35. The highest BCUT2D eigenvalue weighted by atomic mass is 32.1. The van der Waals surface area contributed by atoms with Crippen LogP contribution in [0.4, 0.5) is 0 Å². The summed E-state index contributed by atoms with van der Waals surface area (Å²) >= 11 is 1.43. The molecule has 0 amide bonds. The molecule has 0 fully saturated rings. The van der Waals surface area contributed by atoms with Crippen molar-refractivity contribution >= 4 is 17.3 Å². The zero-order chi connectivity index (χ0) is 22.3. The minimum Gasteiger partial charge on any atom is -0.550 e. The molecule has 1 aliphatic rings. The number of carboxylic acid groups (broad SMARTS) is 1. The van der Waals surface area contributed by atoms with Gasteiger partial charge in [0.1, 0.15) is 5.75 Å². The molecule has 0 spiro atoms. The number of benzene rings is 1. The zero-order valence-electron chi connectivity index (χ0n) is 19.0. The van der Waals surface area contributed by atoms with Crippen LogP contribution in [0.1, 0.15) is 92.2 Å². The molecule has 31 heavy (non-hydrogen) atoms. The number of unbranched alkanes of at least 4 members (excludes halogenated alkanes) is 3. The lowest BCUT2D eigenvalue weighted by Crippen LogP contribution is -2.32. The second-order valence-electron chi connectivity index (χ2n) is 8.47. The number of carbonyl (C=O) groups excluding carboxylic acids is 1. The molecule has 1 aliphatic heterocycles. The van der Waals surface area contributed by atoms with Crippen LogP contribution in [0, 0.1) is 11.8 Å². The summed E-state index contributed by atoms with van der Waals surface area (Å²) in [5.41, 5.74) is 3.81. The minimum absolute atomic E-state index is 0.0548. The summed E-state index contributed by atoms with van der Waals surface area (Å²) in [7, 11) is 0. The molecule has 0 aliphatic carbocycles. The number of aliphatic carboxylic acids is 1. The van der Waals surface area contributed by atoms with Crippen LogP contribution in [-0.4, -0.2) is 12.6 Å². The molecule has 1 aromatic carbocycles. The Hall–Kier alpha value is -2.25. The normalized spacial score (nSPS) is 14.3. The number of thiophene rings is 1. The van der Waals surface area contributed by atoms with Gasteiger partial charge in [-0.3, -0.25) is 0 Å². The molecule has 0 unspecified atom stereocenters. The second-order valence-corrected chi connectivity index (χ2v) is 9.64. The van der Waals surface area contributed by atoms with E-state index in [1.54, 1.807) is 0 Å². The maximum absolute atomic E-state index is 10.9. The SMILES string of the molecule is CCCCCCc1cc2c(cc1C#Cc1ccc(CC(=O)[O-])s1)C(CC)(CC)CCO2. The first-order valence-electron chi connectivity index (χ1n) is 11.6. The summed E-state index contributed by atoms with van der Waals surface area (Å²) < 4.78 is 6.10. The molecule has 0 bridgehead atoms. The number of rotatable bonds is 9. The van der Waals surface area contributed by atoms with E-state index >= 15 is 0 Å². The summed E-state index contributed by atoms with van der Waals surface area (Å²) in [5, 5.41) is 10.9. The first kappa shape index (κ1) is 23.4. The molecular formula is C27H33O3S-. The predicted octanol–water partition coefficient (Wildman–Crippen LogP) is 5.40. The number of carbonyl (C=O) groups is 1. The van der Waals surface area contributed by atoms with Gasteiger partial charge in [0.15, 0.2) is 0 Å². The standard InChI is InChI=1S/C27H34O3S/c1-4-7-8-9-10-20-18-25-24(27(5-2,6-3)15-16-30-25)17-21(20)11-12-22-13-14-23(31-22)19-26(28)29/h13-14,17-18H,4-10,15-16,19H2,1-3H3,(H,28,29)/p-1. The molecule has 4 heteroatoms. The van der Waals surface area contributed by atoms with Crippen molar-refractivity contribution in [3.63, 3.8) is 0 Å². The Kier molecular flexibility index (Phi) is 8.21. The van der Waals surface area contributed by atoms with Crippen molar-refractivity contribution in [1.82, 2.24) is 0 Å². The third-order valence-electron chi connectivity index (χ3n) is 6.57. The number of aryl methyl sites for hydroxylation is 1. The molecule has 0 atom stereocenters. The number of fused-ring (bicyclic) bond motifs is 1. The van der Waals surface area contributed by atoms with Crippen LogP contribution in [0.5, 0.6) is 5.75 Å². The summed E-state index contributed by atoms with van der Waals surface area (Å²) in [6, 6.07) is 8.25. The van der Waals surface area contributed by atoms with Gasteiger partial charge in [0.25, 0.3) is 0 Å². The third kappa shape index (κ3) is 5.71. The molecule has 0 saturated carbocycles. The van der Waals surface area contributed by atoms with E-state index in [0.717, 1.165) is 59.8 Å². The van der Waals surface area contributed by atoms with Crippen molar-refractivity contribution in [2.75, 3.05) is 6.61 Å². The molecular weight excluding hydrogens is 404 g/mol. The number of hydrogen-bond donors (Lipinski definition) is 0. The molecule has 2 heterocycles. The highest BCUT2D eigenvalue weighted by Crippen LogP contribution is 2.44. The summed E-state index contributed by atoms with van der Waals surface area (Å²) in [4.78, 5) is 12.5. The average molecular weight is 438 g/mol. The fourth-order valence-electron chi connectivity index (χ4n) is 4.51. The van der Waals surface area contributed by atoms with Gasteiger partial charge in [-0.1, -0.05) is 51.9 Å². The Morgan fingerprint density at radius 2 is 1.94 bits per heavy atom. The Labute approximate surface area is 190 Å². The van der Waals surface area contributed by atoms with Gasteiger partial charge in [-0.05, 0) is 61.9 Å². The number of ether oxygens (including phenoxy) is 1. The van der Waals surface area contributed by atoms with Crippen molar-refractivity contribution in [3.05, 3.63) is 50.7 Å². The third-order valence-corrected chi connectivity index (χ3v) is 7.57. The lowest BCUT2D eigenvalue weighted by molar-refractivity contribution is -0.304. The van der Waals surface area contributed by atoms with Gasteiger partial charge in [0.2, 0.25) is 0 Å². The Balaban J connectivity index is 1.96. The van der Waals surface area contributed by atoms with Crippen LogP contribution < -0.4 is 9.84 Å². The van der Waals surface area contributed by atoms with E-state index in [1.807, 2.05) is 12.1 Å². The fraction of sp³-hybridized carbons (Fsp3) is 0.519. The van der Waals surface area contributed by atoms with Gasteiger partial charge >= 0.3 is 0 Å². The maximum Gasteiger partial charge on any atom is 0.123 e. The number of hydrogen-bond acceptors (Lipinski definition) is 4. The molecule has 0 radical (unpaired) electrons. The van der Waals surface area contributed by atoms with E-state index in [4.69, 9.17) is 4.74 Å². The van der Waals surface area contributed by atoms with Gasteiger partial charge < -0.3 is 14.6 Å². The summed E-state index contributed by atoms with van der Waals surface area (Å²) in [6.45, 7) is 7.56. The number of carboxylic acids is 1. The zero-order valence-corrected chi connectivity index (χ0v) is 19.8. The molecule has 166 valence electrons. The van der Waals surface area contributed by atoms with E-state index in [0.29, 0.717) is 0 Å². The lowest BCUT2D eigenvalue weighted by atomic mass is 9.71. The molecule has 3 rings (SSSR count). The van der Waals surface area contributed by atoms with Crippen LogP contribution >= 0.6 is 11.3 Å². The van der Waals surface area contributed by atoms with Crippen molar-refractivity contribution < 1.29 is 14.6 Å². The van der Waals surface area contributed by atoms with Crippen LogP contribution in [-0.2, 0) is 23.1 Å². The van der Waals surface area contributed by atoms with E-state index in [-0.39, 0.29) is 11.8 Å². The summed E-state index contributed by atoms with van der Waals surface area (Å²) in [5.74, 6) is 6.68. The maximum atomic E-state index is 10.9. The van der Waals surface area contributed by atoms with Crippen LogP contribution in [0.15, 0.2) is 24.3 Å². The van der Waals surface area contributed by atoms with E-state index in [2.05, 4.69) is 44.7 Å². The molecule has 0 N–H and O–H groups in total. The second kappa shape index (κ2) is 10.9. The first-order valence-corrected chi connectivity index (χ1v) is 12.4. The minimum atomic E-state index is -1.05. The smallest absolute Gasteiger partial charge is 0.123 e. The molecule has 2 aromatic rings. The van der Waals surface area contributed by atoms with Crippen molar-refractivity contribution in [1.29, 1.82) is 0 Å². The van der Waals surface area contributed by atoms with E-state index < -0.39 is 5.97 Å². The fourth-order valence-corrected chi connectivity index (χ4v) is 5.35. The first-order chi connectivity index (χ1) is 15.0. The summed E-state index contributed by atoms with van der Waals surface area (Å²) in [6.07, 6.45) is 9.06. The van der Waals surface area contributed by atoms with Gasteiger partial charge in [0, 0.05) is 33.8 Å². The molecule has 3 nitrogen and oxygen atoms in total. The van der Waals surface area contributed by atoms with Crippen LogP contribution in [0.2, 0.25) is 0 Å². The van der Waals surface area contributed by atoms with Gasteiger partial charge in [-0.25, -0.2) is 0 Å². The van der Waals surface area contributed by atoms with Crippen molar-refractivity contribution in [2.45, 2.75) is 84.0 Å². The average Bonchev–Trinajstić information content (AvgIpc) is 3.21. The monoisotopic (exact) mass is 437 g/mol. The van der Waals surface area contributed by atoms with E-state index in [9.17, 15) is 9.90 Å². The van der Waals surface area contributed by atoms with Crippen LogP contribution in [0.25, 0.3) is 0 Å². The van der Waals surface area contributed by atoms with Gasteiger partial charge in [0.05, 0.1) is 11.5 Å². The predicted molar refractivity (Wildman–Crippen MR) is 126 cm³/mol. The van der Waals surface area contributed by atoms with E-state index in [1.165, 1.54) is 41.7 Å². The van der Waals surface area contributed by atoms with Crippen LogP contribution in [0.3, 0.4) is 0 Å². The Morgan fingerprint density at radius 3 is 2.65 bits per heavy atom. The highest BCUT2D eigenvalue weighted by molar-refractivity contribution is 7.12. The van der Waals surface area contributed by atoms with Crippen molar-refractivity contribution in [3.8, 4) is 17.6 Å². The Morgan fingerprint density at radius 1 is 1.13 bits per heavy atom. The van der Waals surface area contributed by atoms with Gasteiger partial charge in [-0.2, -0.15) is 0 Å². The van der Waals surface area contributed by atoms with Gasteiger partial charge in [-0.15, -0.1) is 11.3 Å². The largest absolute Gasteiger partial charge is 0.550 e. The molecule has 0 saturated heterocycles. The lowest BCUT2D eigenvalue weighted by Gasteiger charge is -2.38.